The van der Waals surface area contributed by atoms with Gasteiger partial charge in [-0.05, 0) is 150 Å². The van der Waals surface area contributed by atoms with Crippen molar-refractivity contribution in [2.75, 3.05) is 148 Å². The molecule has 34 heteroatoms. The summed E-state index contributed by atoms with van der Waals surface area (Å²) in [7, 11) is 3.19. The van der Waals surface area contributed by atoms with E-state index in [9.17, 15) is 23.2 Å². The van der Waals surface area contributed by atoms with Gasteiger partial charge >= 0.3 is 11.9 Å². The molecule has 0 unspecified atom stereocenters. The number of hydrogen-bond donors (Lipinski definition) is 3. The van der Waals surface area contributed by atoms with E-state index in [0.29, 0.717) is 103 Å². The van der Waals surface area contributed by atoms with Crippen molar-refractivity contribution in [1.29, 1.82) is 0 Å². The quantitative estimate of drug-likeness (QED) is 0.0177. The molecular formula is C75H101BrCl2F2N12O17. The smallest absolute Gasteiger partial charge is 0.332 e. The number of fused-ring (bicyclic) bond motifs is 2. The van der Waals surface area contributed by atoms with Gasteiger partial charge in [0.1, 0.15) is 43.4 Å². The number of carbonyl (C=O) groups excluding carboxylic acids is 3. The minimum Gasteiger partial charge on any atom is -0.481 e. The highest BCUT2D eigenvalue weighted by atomic mass is 79.9. The summed E-state index contributed by atoms with van der Waals surface area (Å²) < 4.78 is 100. The van der Waals surface area contributed by atoms with Gasteiger partial charge in [0.25, 0.3) is 5.91 Å². The number of aliphatic hydroxyl groups is 1. The Kier molecular flexibility index (Phi) is 33.1. The van der Waals surface area contributed by atoms with E-state index >= 15 is 0 Å². The Bertz CT molecular complexity index is 3610. The summed E-state index contributed by atoms with van der Waals surface area (Å²) in [6.07, 6.45) is 14.7. The molecule has 0 bridgehead atoms. The number of aliphatic hydroxyl groups excluding tert-OH is 1. The first kappa shape index (κ1) is 84.6. The maximum Gasteiger partial charge on any atom is 0.332 e. The Morgan fingerprint density at radius 1 is 0.560 bits per heavy atom. The summed E-state index contributed by atoms with van der Waals surface area (Å²) in [5.74, 6) is 8.34. The number of nitrogens with zero attached hydrogens (tertiary/aromatic N) is 10. The van der Waals surface area contributed by atoms with Crippen LogP contribution in [0.15, 0.2) is 73.1 Å². The van der Waals surface area contributed by atoms with Crippen molar-refractivity contribution in [1.82, 2.24) is 44.9 Å². The molecule has 9 fully saturated rings. The molecule has 4 aromatic heterocycles. The molecule has 0 radical (unpaired) electrons. The van der Waals surface area contributed by atoms with Gasteiger partial charge in [0.2, 0.25) is 23.7 Å². The number of alkyl halides is 1. The Hall–Kier alpha value is -6.89. The highest BCUT2D eigenvalue weighted by molar-refractivity contribution is 9.09. The fourth-order valence-corrected chi connectivity index (χ4v) is 15.0. The van der Waals surface area contributed by atoms with Gasteiger partial charge < -0.3 is 76.5 Å². The third kappa shape index (κ3) is 24.1. The van der Waals surface area contributed by atoms with Crippen molar-refractivity contribution in [3.05, 3.63) is 118 Å². The van der Waals surface area contributed by atoms with E-state index < -0.39 is 0 Å². The fraction of sp³-hybridized carbons (Fsp3) is 0.613. The van der Waals surface area contributed by atoms with Gasteiger partial charge in [-0.25, -0.2) is 29.4 Å². The minimum absolute atomic E-state index is 0.0428. The van der Waals surface area contributed by atoms with E-state index in [4.69, 9.17) is 91.0 Å². The summed E-state index contributed by atoms with van der Waals surface area (Å²) in [6, 6.07) is 17.0. The molecule has 9 aliphatic rings. The van der Waals surface area contributed by atoms with Gasteiger partial charge in [-0.3, -0.25) is 24.1 Å². The average molecular weight is 1630 g/mol. The summed E-state index contributed by atoms with van der Waals surface area (Å²) in [5, 5.41) is 28.3. The number of pyridine rings is 2. The molecule has 109 heavy (non-hydrogen) atoms. The zero-order valence-electron chi connectivity index (χ0n) is 62.2. The highest BCUT2D eigenvalue weighted by Crippen LogP contribution is 2.62. The lowest BCUT2D eigenvalue weighted by molar-refractivity contribution is -0.152. The van der Waals surface area contributed by atoms with Crippen LogP contribution in [0.4, 0.5) is 20.7 Å². The fourth-order valence-electron chi connectivity index (χ4n) is 14.1. The molecule has 0 spiro atoms. The van der Waals surface area contributed by atoms with Crippen LogP contribution in [0.3, 0.4) is 0 Å². The van der Waals surface area contributed by atoms with Crippen molar-refractivity contribution >= 4 is 68.9 Å². The molecule has 2 aromatic carbocycles. The van der Waals surface area contributed by atoms with Crippen LogP contribution in [-0.4, -0.2) is 231 Å². The lowest BCUT2D eigenvalue weighted by atomic mass is 9.95. The van der Waals surface area contributed by atoms with E-state index in [1.165, 1.54) is 24.3 Å². The molecule has 15 rings (SSSR count). The predicted molar refractivity (Wildman–Crippen MR) is 401 cm³/mol. The number of anilines is 2. The maximum absolute atomic E-state index is 13.7. The van der Waals surface area contributed by atoms with Crippen LogP contribution in [0.1, 0.15) is 114 Å². The Morgan fingerprint density at radius 3 is 1.28 bits per heavy atom. The summed E-state index contributed by atoms with van der Waals surface area (Å²) >= 11 is 15.9. The second-order valence-electron chi connectivity index (χ2n) is 27.4. The van der Waals surface area contributed by atoms with E-state index in [0.717, 1.165) is 177 Å². The zero-order valence-corrected chi connectivity index (χ0v) is 65.3. The molecule has 4 atom stereocenters. The van der Waals surface area contributed by atoms with E-state index in [1.807, 2.05) is 51.0 Å². The summed E-state index contributed by atoms with van der Waals surface area (Å²) in [4.78, 5) is 45.0. The number of hydrogen-bond acceptors (Lipinski definition) is 26. The van der Waals surface area contributed by atoms with Crippen molar-refractivity contribution in [2.45, 2.75) is 145 Å². The number of nitrogens with two attached hydrogens (primary N) is 1. The number of methoxy groups -OCH3 is 2. The lowest BCUT2D eigenvalue weighted by Gasteiger charge is -2.24. The van der Waals surface area contributed by atoms with Crippen LogP contribution in [0, 0.1) is 23.5 Å². The van der Waals surface area contributed by atoms with Gasteiger partial charge in [-0.1, -0.05) is 51.3 Å². The number of nitrogens with one attached hydrogen (secondary N) is 1. The molecule has 2 saturated carbocycles. The molecule has 29 nitrogen and oxygen atoms in total. The number of esters is 2. The molecule has 2 aliphatic carbocycles. The third-order valence-corrected chi connectivity index (χ3v) is 21.2. The number of aromatic nitrogens is 8. The third-order valence-electron chi connectivity index (χ3n) is 20.1. The SMILES string of the molecule is CCOC(=O)CBr.CCOC(=O)COC1CCOCC1.COc1ccc(-n2c(COC3CCOCC3)nnc2N2C[C@@H]3C[C@]3(c3ccc(F)cc3Cl)C2)cn1.COc1ccc(-n2c(COC3CCOCC3)nnc2N2C[C@@H]3C[C@]3(c3ccc(F)cc3Cl)C2)cn1.NNC(=O)COC1CCOCC1.OC1CCOCC1. The van der Waals surface area contributed by atoms with Crippen LogP contribution < -0.4 is 30.5 Å². The molecule has 598 valence electrons. The van der Waals surface area contributed by atoms with Gasteiger partial charge in [0.05, 0.1) is 81.7 Å². The van der Waals surface area contributed by atoms with Crippen molar-refractivity contribution < 1.29 is 89.9 Å². The first-order valence-electron chi connectivity index (χ1n) is 37.2. The number of halogens is 5. The molecular weight excluding hydrogens is 1530 g/mol. The van der Waals surface area contributed by atoms with Crippen molar-refractivity contribution in [2.24, 2.45) is 17.7 Å². The van der Waals surface area contributed by atoms with Gasteiger partial charge in [-0.15, -0.1) is 20.4 Å². The number of amides is 1. The maximum atomic E-state index is 13.7. The topological polar surface area (TPSA) is 323 Å². The summed E-state index contributed by atoms with van der Waals surface area (Å²) in [6.45, 7) is 15.6. The Morgan fingerprint density at radius 2 is 0.945 bits per heavy atom. The largest absolute Gasteiger partial charge is 0.481 e. The van der Waals surface area contributed by atoms with Crippen molar-refractivity contribution in [3.8, 4) is 23.1 Å². The van der Waals surface area contributed by atoms with Gasteiger partial charge in [-0.2, -0.15) is 0 Å². The number of rotatable bonds is 23. The monoisotopic (exact) mass is 1630 g/mol. The molecule has 4 N–H and O–H groups in total. The predicted octanol–water partition coefficient (Wildman–Crippen LogP) is 8.89. The summed E-state index contributed by atoms with van der Waals surface area (Å²) in [5.41, 5.74) is 5.53. The normalized spacial score (nSPS) is 21.9. The second kappa shape index (κ2) is 42.7. The zero-order chi connectivity index (χ0) is 77.1. The lowest BCUT2D eigenvalue weighted by Crippen LogP contribution is -2.35. The van der Waals surface area contributed by atoms with E-state index in [-0.39, 0.29) is 84.0 Å². The van der Waals surface area contributed by atoms with E-state index in [1.54, 1.807) is 40.5 Å². The van der Waals surface area contributed by atoms with Crippen LogP contribution >= 0.6 is 39.1 Å². The molecule has 1 amide bonds. The average Bonchev–Trinajstić information content (AvgIpc) is 1.54. The molecule has 7 aliphatic heterocycles. The number of carbonyl (C=O) groups is 3. The van der Waals surface area contributed by atoms with Gasteiger partial charge in [0, 0.05) is 125 Å². The molecule has 6 aromatic rings. The standard InChI is InChI=1S/2C25H27ClFN5O3.C9H16O4.C7H14N2O3.C5H10O2.C4H7BrO2/c2*1-33-23-5-3-18(12-28-23)32-22(14-35-19-6-8-34-9-7-19)29-30-24(32)31-13-16-11-25(16,15-31)20-4-2-17(27)10-21(20)26;1-2-12-9(10)7-13-8-3-5-11-6-4-8;8-9-7(10)5-12-6-1-3-11-4-2-6;6-5-1-3-7-4-2-5;1-2-7-4(6)3-5/h2*2-5,10,12,16,19H,6-9,11,13-15H2,1H3;8H,2-7H2,1H3;6H,1-5,8H2,(H,9,10);5-6H,1-4H2;2-3H2,1H3/t2*16-,25-;;;;/m00..../s1. The number of ether oxygens (including phenoxy) is 13. The second-order valence-corrected chi connectivity index (χ2v) is 28.8. The van der Waals surface area contributed by atoms with Crippen LogP contribution in [0.5, 0.6) is 11.8 Å². The Balaban J connectivity index is 0.000000157. The van der Waals surface area contributed by atoms with Gasteiger partial charge in [0.15, 0.2) is 11.6 Å². The Labute approximate surface area is 652 Å². The van der Waals surface area contributed by atoms with Crippen LogP contribution in [0.2, 0.25) is 10.0 Å². The number of piperidine rings is 2. The first-order valence-corrected chi connectivity index (χ1v) is 39.1. The molecule has 11 heterocycles. The van der Waals surface area contributed by atoms with Crippen LogP contribution in [-0.2, 0) is 90.5 Å². The number of hydrazine groups is 1. The highest BCUT2D eigenvalue weighted by Gasteiger charge is 2.63. The number of benzene rings is 2. The van der Waals surface area contributed by atoms with E-state index in [2.05, 4.69) is 60.8 Å². The minimum atomic E-state index is -0.317. The van der Waals surface area contributed by atoms with Crippen molar-refractivity contribution in [3.63, 3.8) is 0 Å². The first-order chi connectivity index (χ1) is 53.0. The molecule has 7 saturated heterocycles. The van der Waals surface area contributed by atoms with Crippen LogP contribution in [0.25, 0.3) is 11.4 Å².